The van der Waals surface area contributed by atoms with Crippen molar-refractivity contribution in [1.29, 1.82) is 0 Å². The minimum Gasteiger partial charge on any atom is -0.310 e. The largest absolute Gasteiger partial charge is 0.310 e. The number of aromatic nitrogens is 4. The Morgan fingerprint density at radius 1 is 1.07 bits per heavy atom. The summed E-state index contributed by atoms with van der Waals surface area (Å²) in [7, 11) is 0. The predicted octanol–water partition coefficient (Wildman–Crippen LogP) is 3.67. The number of para-hydroxylation sites is 2. The van der Waals surface area contributed by atoms with E-state index in [2.05, 4.69) is 15.4 Å². The van der Waals surface area contributed by atoms with Crippen LogP contribution in [0, 0.1) is 5.92 Å². The Balaban J connectivity index is 1.81. The van der Waals surface area contributed by atoms with Crippen molar-refractivity contribution in [3.8, 4) is 0 Å². The Kier molecular flexibility index (Phi) is 4.88. The summed E-state index contributed by atoms with van der Waals surface area (Å²) in [6, 6.07) is 14.8. The Labute approximate surface area is 168 Å². The van der Waals surface area contributed by atoms with Crippen molar-refractivity contribution in [2.24, 2.45) is 5.92 Å². The molecule has 0 unspecified atom stereocenters. The van der Waals surface area contributed by atoms with Crippen molar-refractivity contribution >= 4 is 33.7 Å². The predicted molar refractivity (Wildman–Crippen MR) is 114 cm³/mol. The zero-order valence-corrected chi connectivity index (χ0v) is 16.7. The Morgan fingerprint density at radius 3 is 2.48 bits per heavy atom. The number of rotatable bonds is 5. The fourth-order valence-corrected chi connectivity index (χ4v) is 3.52. The van der Waals surface area contributed by atoms with Gasteiger partial charge in [-0.15, -0.1) is 0 Å². The Morgan fingerprint density at radius 2 is 1.76 bits per heavy atom. The third-order valence-corrected chi connectivity index (χ3v) is 4.82. The first-order chi connectivity index (χ1) is 14.0. The average molecular weight is 389 g/mol. The van der Waals surface area contributed by atoms with Gasteiger partial charge in [-0.3, -0.25) is 14.9 Å². The third-order valence-electron chi connectivity index (χ3n) is 4.82. The maximum Gasteiger partial charge on any atom is 0.279 e. The maximum absolute atomic E-state index is 13.2. The molecular weight excluding hydrogens is 366 g/mol. The molecule has 2 heterocycles. The highest BCUT2D eigenvalue weighted by Crippen LogP contribution is 2.21. The van der Waals surface area contributed by atoms with Crippen molar-refractivity contribution in [3.63, 3.8) is 0 Å². The summed E-state index contributed by atoms with van der Waals surface area (Å²) in [6.07, 6.45) is 0. The molecule has 0 fully saturated rings. The summed E-state index contributed by atoms with van der Waals surface area (Å²) in [5.41, 5.74) is 1.79. The number of aryl methyl sites for hydroxylation is 1. The first kappa shape index (κ1) is 18.9. The molecule has 7 heteroatoms. The van der Waals surface area contributed by atoms with Crippen LogP contribution in [-0.2, 0) is 13.1 Å². The zero-order chi connectivity index (χ0) is 20.5. The number of hydrogen-bond donors (Lipinski definition) is 1. The second kappa shape index (κ2) is 7.50. The molecule has 0 aliphatic heterocycles. The van der Waals surface area contributed by atoms with E-state index in [0.29, 0.717) is 29.8 Å². The van der Waals surface area contributed by atoms with E-state index >= 15 is 0 Å². The van der Waals surface area contributed by atoms with Crippen molar-refractivity contribution in [3.05, 3.63) is 64.6 Å². The summed E-state index contributed by atoms with van der Waals surface area (Å²) in [5, 5.41) is 8.32. The number of carbonyl (C=O) groups is 1. The van der Waals surface area contributed by atoms with E-state index in [1.807, 2.05) is 49.6 Å². The van der Waals surface area contributed by atoms with Gasteiger partial charge in [-0.2, -0.15) is 5.10 Å². The molecule has 1 amide bonds. The van der Waals surface area contributed by atoms with Crippen LogP contribution in [0.1, 0.15) is 31.3 Å². The quantitative estimate of drug-likeness (QED) is 0.565. The molecule has 0 radical (unpaired) electrons. The molecular formula is C22H23N5O2. The number of anilines is 1. The molecule has 0 atom stereocenters. The van der Waals surface area contributed by atoms with Crippen LogP contribution in [0.15, 0.2) is 53.3 Å². The molecule has 4 rings (SSSR count). The molecule has 0 bridgehead atoms. The van der Waals surface area contributed by atoms with Gasteiger partial charge in [0.25, 0.3) is 11.5 Å². The highest BCUT2D eigenvalue weighted by Gasteiger charge is 2.19. The molecule has 0 saturated carbocycles. The first-order valence-electron chi connectivity index (χ1n) is 9.76. The molecule has 0 aliphatic carbocycles. The van der Waals surface area contributed by atoms with Crippen molar-refractivity contribution in [1.82, 2.24) is 19.3 Å². The fraction of sp³-hybridized carbons (Fsp3) is 0.273. The Bertz CT molecular complexity index is 1270. The average Bonchev–Trinajstić information content (AvgIpc) is 3.06. The van der Waals surface area contributed by atoms with Gasteiger partial charge >= 0.3 is 0 Å². The van der Waals surface area contributed by atoms with Crippen LogP contribution in [0.25, 0.3) is 21.8 Å². The van der Waals surface area contributed by atoms with Crippen LogP contribution in [0.3, 0.4) is 0 Å². The van der Waals surface area contributed by atoms with E-state index < -0.39 is 0 Å². The van der Waals surface area contributed by atoms with Crippen molar-refractivity contribution < 1.29 is 4.79 Å². The lowest BCUT2D eigenvalue weighted by Crippen LogP contribution is -2.29. The molecule has 0 saturated heterocycles. The SMILES string of the molecule is CCn1c(NC(=O)c2nn(CC(C)C)c(=O)c3ccccc23)nc2ccccc21. The Hall–Kier alpha value is -3.48. The molecule has 0 aliphatic rings. The summed E-state index contributed by atoms with van der Waals surface area (Å²) in [6.45, 7) is 7.12. The van der Waals surface area contributed by atoms with E-state index in [1.54, 1.807) is 24.3 Å². The summed E-state index contributed by atoms with van der Waals surface area (Å²) < 4.78 is 3.32. The van der Waals surface area contributed by atoms with E-state index in [0.717, 1.165) is 11.0 Å². The normalized spacial score (nSPS) is 11.4. The maximum atomic E-state index is 13.2. The summed E-state index contributed by atoms with van der Waals surface area (Å²) >= 11 is 0. The first-order valence-corrected chi connectivity index (χ1v) is 9.76. The molecule has 0 spiro atoms. The molecule has 4 aromatic rings. The minimum absolute atomic E-state index is 0.188. The highest BCUT2D eigenvalue weighted by molar-refractivity contribution is 6.10. The number of imidazole rings is 1. The second-order valence-corrected chi connectivity index (χ2v) is 7.40. The van der Waals surface area contributed by atoms with E-state index in [-0.39, 0.29) is 23.1 Å². The minimum atomic E-state index is -0.385. The number of nitrogens with zero attached hydrogens (tertiary/aromatic N) is 4. The lowest BCUT2D eigenvalue weighted by molar-refractivity contribution is 0.102. The van der Waals surface area contributed by atoms with E-state index in [1.165, 1.54) is 4.68 Å². The standard InChI is InChI=1S/C22H23N5O2/c1-4-26-18-12-8-7-11-17(18)23-22(26)24-20(28)19-15-9-5-6-10-16(15)21(29)27(25-19)13-14(2)3/h5-12,14H,4,13H2,1-3H3,(H,23,24,28). The molecule has 7 nitrogen and oxygen atoms in total. The van der Waals surface area contributed by atoms with Crippen LogP contribution in [0.5, 0.6) is 0 Å². The molecule has 148 valence electrons. The van der Waals surface area contributed by atoms with E-state index in [9.17, 15) is 9.59 Å². The summed E-state index contributed by atoms with van der Waals surface area (Å²) in [5.74, 6) is 0.302. The van der Waals surface area contributed by atoms with Crippen LogP contribution in [-0.4, -0.2) is 25.2 Å². The zero-order valence-electron chi connectivity index (χ0n) is 16.7. The van der Waals surface area contributed by atoms with Gasteiger partial charge in [0.1, 0.15) is 0 Å². The lowest BCUT2D eigenvalue weighted by Gasteiger charge is -2.13. The van der Waals surface area contributed by atoms with Gasteiger partial charge in [0.2, 0.25) is 5.95 Å². The van der Waals surface area contributed by atoms with Crippen LogP contribution in [0.4, 0.5) is 5.95 Å². The number of hydrogen-bond acceptors (Lipinski definition) is 4. The van der Waals surface area contributed by atoms with Crippen molar-refractivity contribution in [2.45, 2.75) is 33.9 Å². The van der Waals surface area contributed by atoms with Gasteiger partial charge in [0.15, 0.2) is 5.69 Å². The van der Waals surface area contributed by atoms with E-state index in [4.69, 9.17) is 0 Å². The van der Waals surface area contributed by atoms with Crippen LogP contribution in [0.2, 0.25) is 0 Å². The number of amides is 1. The van der Waals surface area contributed by atoms with Gasteiger partial charge in [0.05, 0.1) is 16.4 Å². The van der Waals surface area contributed by atoms with Gasteiger partial charge in [-0.05, 0) is 31.0 Å². The lowest BCUT2D eigenvalue weighted by atomic mass is 10.1. The molecule has 2 aromatic heterocycles. The molecule has 29 heavy (non-hydrogen) atoms. The van der Waals surface area contributed by atoms with Gasteiger partial charge in [0, 0.05) is 18.5 Å². The monoisotopic (exact) mass is 389 g/mol. The smallest absolute Gasteiger partial charge is 0.279 e. The van der Waals surface area contributed by atoms with Crippen LogP contribution >= 0.6 is 0 Å². The number of carbonyl (C=O) groups excluding carboxylic acids is 1. The topological polar surface area (TPSA) is 81.8 Å². The second-order valence-electron chi connectivity index (χ2n) is 7.40. The molecule has 2 aromatic carbocycles. The third kappa shape index (κ3) is 3.40. The van der Waals surface area contributed by atoms with Gasteiger partial charge < -0.3 is 4.57 Å². The molecule has 1 N–H and O–H groups in total. The van der Waals surface area contributed by atoms with Crippen LogP contribution < -0.4 is 10.9 Å². The number of fused-ring (bicyclic) bond motifs is 2. The number of nitrogens with one attached hydrogen (secondary N) is 1. The van der Waals surface area contributed by atoms with Gasteiger partial charge in [-0.1, -0.05) is 44.2 Å². The fourth-order valence-electron chi connectivity index (χ4n) is 3.52. The summed E-state index contributed by atoms with van der Waals surface area (Å²) in [4.78, 5) is 30.5. The van der Waals surface area contributed by atoms with Crippen molar-refractivity contribution in [2.75, 3.05) is 5.32 Å². The highest BCUT2D eigenvalue weighted by atomic mass is 16.2. The van der Waals surface area contributed by atoms with Gasteiger partial charge in [-0.25, -0.2) is 9.67 Å². The number of benzene rings is 2.